The van der Waals surface area contributed by atoms with E-state index in [1.807, 2.05) is 0 Å². The molecule has 7 nitrogen and oxygen atoms in total. The number of halogens is 1. The Labute approximate surface area is 156 Å². The van der Waals surface area contributed by atoms with E-state index in [0.717, 1.165) is 19.6 Å². The number of carbonyl (C=O) groups excluding carboxylic acids is 2. The zero-order chi connectivity index (χ0) is 19.1. The molecule has 1 aliphatic rings. The Morgan fingerprint density at radius 2 is 1.85 bits per heavy atom. The van der Waals surface area contributed by atoms with Crippen LogP contribution in [0.1, 0.15) is 20.8 Å². The van der Waals surface area contributed by atoms with Gasteiger partial charge >= 0.3 is 0 Å². The monoisotopic (exact) mass is 372 g/mol. The highest BCUT2D eigenvalue weighted by Crippen LogP contribution is 2.11. The SMILES string of the molecule is O=C(Nc1ccc(F)cc1)c1ccnc(C(=O)NCCN2CCOCC2)c1. The van der Waals surface area contributed by atoms with Crippen LogP contribution in [0, 0.1) is 5.82 Å². The first-order valence-corrected chi connectivity index (χ1v) is 8.73. The average Bonchev–Trinajstić information content (AvgIpc) is 2.70. The zero-order valence-electron chi connectivity index (χ0n) is 14.8. The second-order valence-electron chi connectivity index (χ2n) is 6.10. The Kier molecular flexibility index (Phi) is 6.45. The van der Waals surface area contributed by atoms with Gasteiger partial charge in [-0.15, -0.1) is 0 Å². The first-order chi connectivity index (χ1) is 13.1. The topological polar surface area (TPSA) is 83.6 Å². The van der Waals surface area contributed by atoms with Crippen molar-refractivity contribution in [1.29, 1.82) is 0 Å². The predicted molar refractivity (Wildman–Crippen MR) is 98.2 cm³/mol. The number of hydrogen-bond donors (Lipinski definition) is 2. The van der Waals surface area contributed by atoms with Crippen molar-refractivity contribution in [3.8, 4) is 0 Å². The van der Waals surface area contributed by atoms with Crippen molar-refractivity contribution < 1.29 is 18.7 Å². The van der Waals surface area contributed by atoms with Crippen molar-refractivity contribution in [2.24, 2.45) is 0 Å². The summed E-state index contributed by atoms with van der Waals surface area (Å²) >= 11 is 0. The van der Waals surface area contributed by atoms with Gasteiger partial charge in [-0.25, -0.2) is 4.39 Å². The smallest absolute Gasteiger partial charge is 0.269 e. The van der Waals surface area contributed by atoms with Gasteiger partial charge in [0.15, 0.2) is 0 Å². The molecular formula is C19H21FN4O3. The molecule has 0 spiro atoms. The maximum Gasteiger partial charge on any atom is 0.269 e. The first kappa shape index (κ1) is 18.9. The largest absolute Gasteiger partial charge is 0.379 e. The highest BCUT2D eigenvalue weighted by atomic mass is 19.1. The van der Waals surface area contributed by atoms with Crippen LogP contribution >= 0.6 is 0 Å². The molecule has 2 heterocycles. The van der Waals surface area contributed by atoms with Crippen LogP contribution in [0.5, 0.6) is 0 Å². The van der Waals surface area contributed by atoms with E-state index in [1.165, 1.54) is 42.6 Å². The maximum atomic E-state index is 12.9. The Bertz CT molecular complexity index is 792. The molecular weight excluding hydrogens is 351 g/mol. The van der Waals surface area contributed by atoms with E-state index in [-0.39, 0.29) is 17.4 Å². The predicted octanol–water partition coefficient (Wildman–Crippen LogP) is 1.53. The van der Waals surface area contributed by atoms with Crippen LogP contribution in [-0.4, -0.2) is 61.1 Å². The molecule has 3 rings (SSSR count). The summed E-state index contributed by atoms with van der Waals surface area (Å²) in [5, 5.41) is 5.47. The summed E-state index contributed by atoms with van der Waals surface area (Å²) in [5.74, 6) is -1.11. The number of carbonyl (C=O) groups is 2. The number of amides is 2. The fourth-order valence-corrected chi connectivity index (χ4v) is 2.68. The fourth-order valence-electron chi connectivity index (χ4n) is 2.68. The van der Waals surface area contributed by atoms with E-state index < -0.39 is 5.91 Å². The highest BCUT2D eigenvalue weighted by Gasteiger charge is 2.14. The minimum atomic E-state index is -0.397. The molecule has 1 aromatic carbocycles. The molecule has 1 fully saturated rings. The highest BCUT2D eigenvalue weighted by molar-refractivity contribution is 6.05. The quantitative estimate of drug-likeness (QED) is 0.804. The molecule has 2 amide bonds. The Hall–Kier alpha value is -2.84. The van der Waals surface area contributed by atoms with Crippen molar-refractivity contribution >= 4 is 17.5 Å². The summed E-state index contributed by atoms with van der Waals surface area (Å²) in [6, 6.07) is 8.40. The van der Waals surface area contributed by atoms with E-state index in [2.05, 4.69) is 20.5 Å². The number of anilines is 1. The molecule has 0 bridgehead atoms. The molecule has 2 N–H and O–H groups in total. The second kappa shape index (κ2) is 9.20. The van der Waals surface area contributed by atoms with Crippen molar-refractivity contribution in [3.05, 3.63) is 59.7 Å². The number of nitrogens with one attached hydrogen (secondary N) is 2. The van der Waals surface area contributed by atoms with Gasteiger partial charge in [-0.05, 0) is 36.4 Å². The third-order valence-electron chi connectivity index (χ3n) is 4.17. The Morgan fingerprint density at radius 3 is 2.59 bits per heavy atom. The summed E-state index contributed by atoms with van der Waals surface area (Å²) in [7, 11) is 0. The summed E-state index contributed by atoms with van der Waals surface area (Å²) in [6.07, 6.45) is 1.41. The number of pyridine rings is 1. The lowest BCUT2D eigenvalue weighted by molar-refractivity contribution is 0.0383. The van der Waals surface area contributed by atoms with Crippen molar-refractivity contribution in [1.82, 2.24) is 15.2 Å². The molecule has 0 radical (unpaired) electrons. The standard InChI is InChI=1S/C19H21FN4O3/c20-15-1-3-16(4-2-15)23-18(25)14-5-6-21-17(13-14)19(26)22-7-8-24-9-11-27-12-10-24/h1-6,13H,7-12H2,(H,22,26)(H,23,25). The number of rotatable bonds is 6. The van der Waals surface area contributed by atoms with Gasteiger partial charge in [0.1, 0.15) is 11.5 Å². The fraction of sp³-hybridized carbons (Fsp3) is 0.316. The molecule has 1 aliphatic heterocycles. The number of aromatic nitrogens is 1. The number of benzene rings is 1. The van der Waals surface area contributed by atoms with E-state index in [1.54, 1.807) is 0 Å². The summed E-state index contributed by atoms with van der Waals surface area (Å²) in [4.78, 5) is 30.8. The first-order valence-electron chi connectivity index (χ1n) is 8.73. The van der Waals surface area contributed by atoms with Crippen molar-refractivity contribution in [2.45, 2.75) is 0 Å². The molecule has 1 saturated heterocycles. The van der Waals surface area contributed by atoms with E-state index in [4.69, 9.17) is 4.74 Å². The lowest BCUT2D eigenvalue weighted by Crippen LogP contribution is -2.41. The maximum absolute atomic E-state index is 12.9. The molecule has 27 heavy (non-hydrogen) atoms. The van der Waals surface area contributed by atoms with Crippen LogP contribution in [0.3, 0.4) is 0 Å². The van der Waals surface area contributed by atoms with Crippen LogP contribution < -0.4 is 10.6 Å². The van der Waals surface area contributed by atoms with Gasteiger partial charge < -0.3 is 15.4 Å². The average molecular weight is 372 g/mol. The Morgan fingerprint density at radius 1 is 1.11 bits per heavy atom. The van der Waals surface area contributed by atoms with Gasteiger partial charge in [-0.2, -0.15) is 0 Å². The van der Waals surface area contributed by atoms with E-state index in [0.29, 0.717) is 31.0 Å². The Balaban J connectivity index is 1.54. The van der Waals surface area contributed by atoms with Gasteiger partial charge in [-0.3, -0.25) is 19.5 Å². The van der Waals surface area contributed by atoms with Crippen LogP contribution in [0.2, 0.25) is 0 Å². The van der Waals surface area contributed by atoms with Gasteiger partial charge in [-0.1, -0.05) is 0 Å². The molecule has 142 valence electrons. The molecule has 2 aromatic rings. The van der Waals surface area contributed by atoms with Gasteiger partial charge in [0.2, 0.25) is 0 Å². The van der Waals surface area contributed by atoms with Gasteiger partial charge in [0.25, 0.3) is 11.8 Å². The van der Waals surface area contributed by atoms with Crippen LogP contribution in [0.15, 0.2) is 42.6 Å². The number of ether oxygens (including phenoxy) is 1. The number of nitrogens with zero attached hydrogens (tertiary/aromatic N) is 2. The van der Waals surface area contributed by atoms with Crippen molar-refractivity contribution in [3.63, 3.8) is 0 Å². The molecule has 0 unspecified atom stereocenters. The minimum absolute atomic E-state index is 0.170. The van der Waals surface area contributed by atoms with Crippen molar-refractivity contribution in [2.75, 3.05) is 44.7 Å². The molecule has 1 aromatic heterocycles. The number of hydrogen-bond acceptors (Lipinski definition) is 5. The van der Waals surface area contributed by atoms with E-state index in [9.17, 15) is 14.0 Å². The third-order valence-corrected chi connectivity index (χ3v) is 4.17. The molecule has 0 aliphatic carbocycles. The summed E-state index contributed by atoms with van der Waals surface area (Å²) in [6.45, 7) is 4.36. The minimum Gasteiger partial charge on any atom is -0.379 e. The second-order valence-corrected chi connectivity index (χ2v) is 6.10. The molecule has 0 saturated carbocycles. The summed E-state index contributed by atoms with van der Waals surface area (Å²) in [5.41, 5.74) is 0.936. The zero-order valence-corrected chi connectivity index (χ0v) is 14.8. The number of morpholine rings is 1. The lowest BCUT2D eigenvalue weighted by Gasteiger charge is -2.26. The van der Waals surface area contributed by atoms with Crippen LogP contribution in [0.4, 0.5) is 10.1 Å². The van der Waals surface area contributed by atoms with Gasteiger partial charge in [0.05, 0.1) is 13.2 Å². The van der Waals surface area contributed by atoms with E-state index >= 15 is 0 Å². The summed E-state index contributed by atoms with van der Waals surface area (Å²) < 4.78 is 18.2. The lowest BCUT2D eigenvalue weighted by atomic mass is 10.2. The third kappa shape index (κ3) is 5.57. The van der Waals surface area contributed by atoms with Crippen LogP contribution in [0.25, 0.3) is 0 Å². The van der Waals surface area contributed by atoms with Crippen LogP contribution in [-0.2, 0) is 4.74 Å². The van der Waals surface area contributed by atoms with Gasteiger partial charge in [0, 0.05) is 43.6 Å². The normalized spacial score (nSPS) is 14.6. The molecule has 8 heteroatoms. The molecule has 0 atom stereocenters.